The van der Waals surface area contributed by atoms with Gasteiger partial charge in [-0.25, -0.2) is 0 Å². The van der Waals surface area contributed by atoms with E-state index in [1.54, 1.807) is 6.07 Å². The van der Waals surface area contributed by atoms with Crippen molar-refractivity contribution in [2.45, 2.75) is 0 Å². The normalized spacial score (nSPS) is 10.2. The number of hydrogen-bond donors (Lipinski definition) is 2. The molecular weight excluding hydrogens is 218 g/mol. The molecular formula is C13H13NO3. The molecule has 0 unspecified atom stereocenters. The minimum Gasteiger partial charge on any atom is -0.459 e. The maximum Gasteiger partial charge on any atom is 0.287 e. The monoisotopic (exact) mass is 231 g/mol. The number of amides is 1. The lowest BCUT2D eigenvalue weighted by Gasteiger charge is -2.03. The van der Waals surface area contributed by atoms with Crippen LogP contribution in [0.2, 0.25) is 0 Å². The Hall–Kier alpha value is -2.07. The van der Waals surface area contributed by atoms with Gasteiger partial charge in [0.25, 0.3) is 5.91 Å². The van der Waals surface area contributed by atoms with Crippen molar-refractivity contribution in [2.75, 3.05) is 13.2 Å². The van der Waals surface area contributed by atoms with Gasteiger partial charge in [-0.1, -0.05) is 30.3 Å². The van der Waals surface area contributed by atoms with Crippen LogP contribution in [0.25, 0.3) is 11.1 Å². The zero-order valence-electron chi connectivity index (χ0n) is 9.22. The summed E-state index contributed by atoms with van der Waals surface area (Å²) in [4.78, 5) is 11.7. The summed E-state index contributed by atoms with van der Waals surface area (Å²) >= 11 is 0. The molecule has 0 spiro atoms. The molecule has 2 N–H and O–H groups in total. The third-order valence-corrected chi connectivity index (χ3v) is 2.35. The first-order chi connectivity index (χ1) is 8.33. The van der Waals surface area contributed by atoms with Gasteiger partial charge >= 0.3 is 0 Å². The number of aliphatic hydroxyl groups excluding tert-OH is 1. The average molecular weight is 231 g/mol. The molecule has 0 bridgehead atoms. The van der Waals surface area contributed by atoms with E-state index < -0.39 is 0 Å². The summed E-state index contributed by atoms with van der Waals surface area (Å²) in [6.45, 7) is 0.126. The number of aliphatic hydroxyl groups is 1. The van der Waals surface area contributed by atoms with E-state index in [9.17, 15) is 4.79 Å². The van der Waals surface area contributed by atoms with Gasteiger partial charge in [-0.3, -0.25) is 4.79 Å². The molecule has 0 aliphatic rings. The van der Waals surface area contributed by atoms with Gasteiger partial charge < -0.3 is 14.8 Å². The number of furan rings is 1. The fraction of sp³-hybridized carbons (Fsp3) is 0.154. The summed E-state index contributed by atoms with van der Waals surface area (Å²) in [6.07, 6.45) is 1.48. The molecule has 1 amide bonds. The Labute approximate surface area is 98.9 Å². The Morgan fingerprint density at radius 1 is 1.24 bits per heavy atom. The maximum absolute atomic E-state index is 11.7. The first-order valence-corrected chi connectivity index (χ1v) is 5.35. The minimum absolute atomic E-state index is 0.0902. The summed E-state index contributed by atoms with van der Waals surface area (Å²) < 4.78 is 5.18. The summed E-state index contributed by atoms with van der Waals surface area (Å²) in [7, 11) is 0. The fourth-order valence-corrected chi connectivity index (χ4v) is 1.58. The molecule has 1 aromatic carbocycles. The van der Waals surface area contributed by atoms with Gasteiger partial charge in [0.15, 0.2) is 5.76 Å². The second-order valence-electron chi connectivity index (χ2n) is 3.51. The van der Waals surface area contributed by atoms with Crippen LogP contribution in [-0.2, 0) is 0 Å². The van der Waals surface area contributed by atoms with Crippen LogP contribution in [0.1, 0.15) is 10.6 Å². The van der Waals surface area contributed by atoms with Crippen LogP contribution in [-0.4, -0.2) is 24.2 Å². The van der Waals surface area contributed by atoms with Crippen molar-refractivity contribution in [3.05, 3.63) is 48.4 Å². The van der Waals surface area contributed by atoms with E-state index >= 15 is 0 Å². The highest BCUT2D eigenvalue weighted by Gasteiger charge is 2.15. The van der Waals surface area contributed by atoms with Gasteiger partial charge in [-0.15, -0.1) is 0 Å². The van der Waals surface area contributed by atoms with Crippen molar-refractivity contribution in [1.29, 1.82) is 0 Å². The van der Waals surface area contributed by atoms with Crippen LogP contribution in [0.4, 0.5) is 0 Å². The quantitative estimate of drug-likeness (QED) is 0.841. The zero-order chi connectivity index (χ0) is 12.1. The third-order valence-electron chi connectivity index (χ3n) is 2.35. The van der Waals surface area contributed by atoms with Crippen molar-refractivity contribution < 1.29 is 14.3 Å². The summed E-state index contributed by atoms with van der Waals surface area (Å²) in [5.41, 5.74) is 1.68. The second kappa shape index (κ2) is 5.32. The van der Waals surface area contributed by atoms with E-state index in [-0.39, 0.29) is 24.8 Å². The van der Waals surface area contributed by atoms with Gasteiger partial charge in [0.2, 0.25) is 0 Å². The number of carbonyl (C=O) groups is 1. The lowest BCUT2D eigenvalue weighted by molar-refractivity contribution is 0.0918. The lowest BCUT2D eigenvalue weighted by atomic mass is 10.1. The minimum atomic E-state index is -0.317. The largest absolute Gasteiger partial charge is 0.459 e. The summed E-state index contributed by atoms with van der Waals surface area (Å²) in [6, 6.07) is 11.3. The van der Waals surface area contributed by atoms with Crippen LogP contribution in [0, 0.1) is 0 Å². The zero-order valence-corrected chi connectivity index (χ0v) is 9.22. The van der Waals surface area contributed by atoms with Gasteiger partial charge in [0, 0.05) is 12.1 Å². The predicted molar refractivity (Wildman–Crippen MR) is 63.6 cm³/mol. The molecule has 2 rings (SSSR count). The molecule has 2 aromatic rings. The van der Waals surface area contributed by atoms with Crippen molar-refractivity contribution >= 4 is 5.91 Å². The van der Waals surface area contributed by atoms with Crippen LogP contribution in [0.5, 0.6) is 0 Å². The highest BCUT2D eigenvalue weighted by atomic mass is 16.3. The summed E-state index contributed by atoms with van der Waals surface area (Å²) in [5, 5.41) is 11.2. The summed E-state index contributed by atoms with van der Waals surface area (Å²) in [5.74, 6) is -0.0486. The molecule has 0 saturated heterocycles. The number of carbonyl (C=O) groups excluding carboxylic acids is 1. The van der Waals surface area contributed by atoms with Crippen LogP contribution in [0.15, 0.2) is 47.1 Å². The van der Waals surface area contributed by atoms with Gasteiger partial charge in [-0.05, 0) is 11.6 Å². The Morgan fingerprint density at radius 3 is 2.71 bits per heavy atom. The smallest absolute Gasteiger partial charge is 0.287 e. The van der Waals surface area contributed by atoms with Crippen LogP contribution in [0.3, 0.4) is 0 Å². The van der Waals surface area contributed by atoms with E-state index in [2.05, 4.69) is 5.32 Å². The molecule has 0 radical (unpaired) electrons. The lowest BCUT2D eigenvalue weighted by Crippen LogP contribution is -2.26. The average Bonchev–Trinajstić information content (AvgIpc) is 2.86. The SMILES string of the molecule is O=C(NCCO)c1occc1-c1ccccc1. The number of nitrogens with one attached hydrogen (secondary N) is 1. The van der Waals surface area contributed by atoms with E-state index in [1.807, 2.05) is 30.3 Å². The highest BCUT2D eigenvalue weighted by molar-refractivity contribution is 5.98. The number of benzene rings is 1. The topological polar surface area (TPSA) is 62.5 Å². The van der Waals surface area contributed by atoms with E-state index in [0.717, 1.165) is 11.1 Å². The van der Waals surface area contributed by atoms with Crippen molar-refractivity contribution in [3.63, 3.8) is 0 Å². The maximum atomic E-state index is 11.7. The van der Waals surface area contributed by atoms with Gasteiger partial charge in [0.05, 0.1) is 12.9 Å². The van der Waals surface area contributed by atoms with E-state index in [4.69, 9.17) is 9.52 Å². The molecule has 0 aliphatic heterocycles. The third kappa shape index (κ3) is 2.54. The molecule has 1 aromatic heterocycles. The molecule has 0 saturated carbocycles. The second-order valence-corrected chi connectivity index (χ2v) is 3.51. The van der Waals surface area contributed by atoms with E-state index in [0.29, 0.717) is 0 Å². The Balaban J connectivity index is 2.26. The molecule has 4 heteroatoms. The van der Waals surface area contributed by atoms with Gasteiger partial charge in [0.1, 0.15) is 0 Å². The molecule has 4 nitrogen and oxygen atoms in total. The Morgan fingerprint density at radius 2 is 2.00 bits per heavy atom. The van der Waals surface area contributed by atoms with E-state index in [1.165, 1.54) is 6.26 Å². The highest BCUT2D eigenvalue weighted by Crippen LogP contribution is 2.24. The first kappa shape index (κ1) is 11.4. The predicted octanol–water partition coefficient (Wildman–Crippen LogP) is 1.67. The number of rotatable bonds is 4. The number of hydrogen-bond acceptors (Lipinski definition) is 3. The molecule has 0 aliphatic carbocycles. The Kier molecular flexibility index (Phi) is 3.57. The Bertz CT molecular complexity index is 490. The molecule has 0 fully saturated rings. The molecule has 0 atom stereocenters. The standard InChI is InChI=1S/C13H13NO3/c15-8-7-14-13(16)12-11(6-9-17-12)10-4-2-1-3-5-10/h1-6,9,15H,7-8H2,(H,14,16). The molecule has 88 valence electrons. The van der Waals surface area contributed by atoms with Gasteiger partial charge in [-0.2, -0.15) is 0 Å². The fourth-order valence-electron chi connectivity index (χ4n) is 1.58. The van der Waals surface area contributed by atoms with Crippen molar-refractivity contribution in [3.8, 4) is 11.1 Å². The molecule has 1 heterocycles. The van der Waals surface area contributed by atoms with Crippen LogP contribution >= 0.6 is 0 Å². The first-order valence-electron chi connectivity index (χ1n) is 5.35. The van der Waals surface area contributed by atoms with Crippen LogP contribution < -0.4 is 5.32 Å². The molecule has 17 heavy (non-hydrogen) atoms. The van der Waals surface area contributed by atoms with Crippen molar-refractivity contribution in [2.24, 2.45) is 0 Å². The van der Waals surface area contributed by atoms with Crippen molar-refractivity contribution in [1.82, 2.24) is 5.32 Å².